The van der Waals surface area contributed by atoms with Gasteiger partial charge in [0.15, 0.2) is 5.76 Å². The Balaban J connectivity index is 1.86. The normalized spacial score (nSPS) is 11.7. The highest BCUT2D eigenvalue weighted by Gasteiger charge is 2.19. The molecule has 1 N–H and O–H groups in total. The van der Waals surface area contributed by atoms with E-state index in [0.29, 0.717) is 0 Å². The van der Waals surface area contributed by atoms with E-state index in [2.05, 4.69) is 5.32 Å². The van der Waals surface area contributed by atoms with E-state index in [1.54, 1.807) is 18.2 Å². The van der Waals surface area contributed by atoms with Gasteiger partial charge in [-0.15, -0.1) is 0 Å². The molecule has 1 amide bonds. The van der Waals surface area contributed by atoms with E-state index in [4.69, 9.17) is 9.15 Å². The summed E-state index contributed by atoms with van der Waals surface area (Å²) in [5.41, 5.74) is 0.274. The molecule has 1 aromatic heterocycles. The van der Waals surface area contributed by atoms with Gasteiger partial charge in [0.1, 0.15) is 18.5 Å². The van der Waals surface area contributed by atoms with Crippen LogP contribution in [-0.4, -0.2) is 17.9 Å². The zero-order chi connectivity index (χ0) is 15.2. The Morgan fingerprint density at radius 3 is 2.71 bits per heavy atom. The van der Waals surface area contributed by atoms with Crippen molar-refractivity contribution in [2.75, 3.05) is 0 Å². The molecule has 1 aromatic carbocycles. The first-order valence-corrected chi connectivity index (χ1v) is 6.32. The lowest BCUT2D eigenvalue weighted by atomic mass is 10.2. The zero-order valence-electron chi connectivity index (χ0n) is 11.3. The first-order valence-electron chi connectivity index (χ1n) is 6.32. The smallest absolute Gasteiger partial charge is 0.328 e. The highest BCUT2D eigenvalue weighted by atomic mass is 19.1. The predicted molar refractivity (Wildman–Crippen MR) is 71.8 cm³/mol. The Labute approximate surface area is 120 Å². The fourth-order valence-electron chi connectivity index (χ4n) is 1.62. The minimum Gasteiger partial charge on any atom is -0.459 e. The van der Waals surface area contributed by atoms with Gasteiger partial charge in [-0.2, -0.15) is 0 Å². The molecular formula is C15H14FNO4. The number of furan rings is 1. The van der Waals surface area contributed by atoms with E-state index in [9.17, 15) is 14.0 Å². The van der Waals surface area contributed by atoms with Gasteiger partial charge in [-0.25, -0.2) is 9.18 Å². The molecule has 0 unspecified atom stereocenters. The lowest BCUT2D eigenvalue weighted by molar-refractivity contribution is -0.146. The predicted octanol–water partition coefficient (Wildman–Crippen LogP) is 2.28. The highest BCUT2D eigenvalue weighted by Crippen LogP contribution is 2.08. The van der Waals surface area contributed by atoms with Gasteiger partial charge in [0.25, 0.3) is 5.91 Å². The van der Waals surface area contributed by atoms with Gasteiger partial charge in [-0.05, 0) is 25.1 Å². The van der Waals surface area contributed by atoms with Gasteiger partial charge >= 0.3 is 5.97 Å². The number of benzene rings is 1. The summed E-state index contributed by atoms with van der Waals surface area (Å²) in [5, 5.41) is 2.43. The van der Waals surface area contributed by atoms with Crippen molar-refractivity contribution in [1.29, 1.82) is 0 Å². The molecule has 0 saturated heterocycles. The molecule has 5 nitrogen and oxygen atoms in total. The minimum absolute atomic E-state index is 0.101. The summed E-state index contributed by atoms with van der Waals surface area (Å²) in [7, 11) is 0. The average Bonchev–Trinajstić information content (AvgIpc) is 3.00. The van der Waals surface area contributed by atoms with Crippen molar-refractivity contribution >= 4 is 11.9 Å². The van der Waals surface area contributed by atoms with E-state index in [1.807, 2.05) is 0 Å². The van der Waals surface area contributed by atoms with Gasteiger partial charge in [0.05, 0.1) is 6.26 Å². The number of halogens is 1. The maximum absolute atomic E-state index is 13.4. The molecule has 2 rings (SSSR count). The number of hydrogen-bond acceptors (Lipinski definition) is 4. The maximum atomic E-state index is 13.4. The fourth-order valence-corrected chi connectivity index (χ4v) is 1.62. The summed E-state index contributed by atoms with van der Waals surface area (Å²) in [6.07, 6.45) is 1.36. The number of carbonyl (C=O) groups excluding carboxylic acids is 2. The molecule has 1 heterocycles. The van der Waals surface area contributed by atoms with Crippen LogP contribution >= 0.6 is 0 Å². The van der Waals surface area contributed by atoms with E-state index >= 15 is 0 Å². The van der Waals surface area contributed by atoms with Gasteiger partial charge < -0.3 is 14.5 Å². The second-order valence-electron chi connectivity index (χ2n) is 4.37. The molecule has 0 fully saturated rings. The first-order chi connectivity index (χ1) is 10.1. The van der Waals surface area contributed by atoms with Crippen LogP contribution < -0.4 is 5.32 Å². The summed E-state index contributed by atoms with van der Waals surface area (Å²) in [5.74, 6) is -1.52. The summed E-state index contributed by atoms with van der Waals surface area (Å²) < 4.78 is 23.2. The Morgan fingerprint density at radius 2 is 2.05 bits per heavy atom. The summed E-state index contributed by atoms with van der Waals surface area (Å²) in [6.45, 7) is 1.29. The zero-order valence-corrected chi connectivity index (χ0v) is 11.3. The van der Waals surface area contributed by atoms with Gasteiger partial charge in [0, 0.05) is 5.56 Å². The van der Waals surface area contributed by atoms with Crippen LogP contribution in [0.3, 0.4) is 0 Å². The van der Waals surface area contributed by atoms with Gasteiger partial charge in [0.2, 0.25) is 0 Å². The number of nitrogens with one attached hydrogen (secondary N) is 1. The Kier molecular flexibility index (Phi) is 4.71. The molecule has 2 aromatic rings. The third-order valence-corrected chi connectivity index (χ3v) is 2.77. The number of carbonyl (C=O) groups is 2. The number of esters is 1. The van der Waals surface area contributed by atoms with E-state index in [1.165, 1.54) is 31.4 Å². The molecular weight excluding hydrogens is 277 g/mol. The first kappa shape index (κ1) is 14.8. The molecule has 21 heavy (non-hydrogen) atoms. The largest absolute Gasteiger partial charge is 0.459 e. The van der Waals surface area contributed by atoms with Crippen molar-refractivity contribution in [3.8, 4) is 0 Å². The number of ether oxygens (including phenoxy) is 1. The van der Waals surface area contributed by atoms with Crippen molar-refractivity contribution < 1.29 is 23.1 Å². The topological polar surface area (TPSA) is 68.5 Å². The van der Waals surface area contributed by atoms with Crippen LogP contribution in [0.15, 0.2) is 47.1 Å². The van der Waals surface area contributed by atoms with Crippen molar-refractivity contribution in [2.24, 2.45) is 0 Å². The number of hydrogen-bond donors (Lipinski definition) is 1. The van der Waals surface area contributed by atoms with Crippen LogP contribution in [0.5, 0.6) is 0 Å². The quantitative estimate of drug-likeness (QED) is 0.858. The molecule has 6 heteroatoms. The monoisotopic (exact) mass is 291 g/mol. The minimum atomic E-state index is -0.866. The third-order valence-electron chi connectivity index (χ3n) is 2.77. The van der Waals surface area contributed by atoms with Crippen LogP contribution in [0.2, 0.25) is 0 Å². The van der Waals surface area contributed by atoms with Crippen LogP contribution in [0, 0.1) is 5.82 Å². The van der Waals surface area contributed by atoms with Gasteiger partial charge in [-0.1, -0.05) is 18.2 Å². The van der Waals surface area contributed by atoms with Crippen LogP contribution in [-0.2, 0) is 16.1 Å². The molecule has 0 aliphatic carbocycles. The lowest BCUT2D eigenvalue weighted by Gasteiger charge is -2.12. The van der Waals surface area contributed by atoms with Crippen molar-refractivity contribution in [3.63, 3.8) is 0 Å². The molecule has 0 aliphatic heterocycles. The Bertz CT molecular complexity index is 624. The molecule has 0 saturated carbocycles. The van der Waals surface area contributed by atoms with Crippen LogP contribution in [0.1, 0.15) is 23.0 Å². The average molecular weight is 291 g/mol. The van der Waals surface area contributed by atoms with Crippen molar-refractivity contribution in [1.82, 2.24) is 5.32 Å². The van der Waals surface area contributed by atoms with E-state index in [0.717, 1.165) is 0 Å². The van der Waals surface area contributed by atoms with Crippen LogP contribution in [0.4, 0.5) is 4.39 Å². The number of rotatable bonds is 5. The summed E-state index contributed by atoms with van der Waals surface area (Å²) >= 11 is 0. The van der Waals surface area contributed by atoms with E-state index in [-0.39, 0.29) is 17.9 Å². The molecule has 0 radical (unpaired) electrons. The summed E-state index contributed by atoms with van der Waals surface area (Å²) in [4.78, 5) is 23.4. The lowest BCUT2D eigenvalue weighted by Crippen LogP contribution is -2.39. The van der Waals surface area contributed by atoms with Crippen LogP contribution in [0.25, 0.3) is 0 Å². The molecule has 0 bridgehead atoms. The fraction of sp³-hybridized carbons (Fsp3) is 0.200. The maximum Gasteiger partial charge on any atom is 0.328 e. The van der Waals surface area contributed by atoms with E-state index < -0.39 is 23.7 Å². The molecule has 110 valence electrons. The highest BCUT2D eigenvalue weighted by molar-refractivity contribution is 5.94. The molecule has 0 spiro atoms. The second-order valence-corrected chi connectivity index (χ2v) is 4.37. The SMILES string of the molecule is C[C@H](NC(=O)c1ccco1)C(=O)OCc1ccccc1F. The number of amides is 1. The van der Waals surface area contributed by atoms with Gasteiger partial charge in [-0.3, -0.25) is 4.79 Å². The third kappa shape index (κ3) is 3.92. The Hall–Kier alpha value is -2.63. The molecule has 1 atom stereocenters. The Morgan fingerprint density at radius 1 is 1.29 bits per heavy atom. The standard InChI is InChI=1S/C15H14FNO4/c1-10(17-14(18)13-7-4-8-20-13)15(19)21-9-11-5-2-3-6-12(11)16/h2-8,10H,9H2,1H3,(H,17,18)/t10-/m0/s1. The van der Waals surface area contributed by atoms with Crippen molar-refractivity contribution in [3.05, 3.63) is 59.8 Å². The summed E-state index contributed by atoms with van der Waals surface area (Å²) in [6, 6.07) is 8.18. The van der Waals surface area contributed by atoms with Crippen molar-refractivity contribution in [2.45, 2.75) is 19.6 Å². The second kappa shape index (κ2) is 6.69. The molecule has 0 aliphatic rings.